The Morgan fingerprint density at radius 2 is 1.86 bits per heavy atom. The predicted molar refractivity (Wildman–Crippen MR) is 131 cm³/mol. The number of rotatable bonds is 8. The Balaban J connectivity index is 1.94. The van der Waals surface area contributed by atoms with E-state index in [1.165, 1.54) is 18.2 Å². The summed E-state index contributed by atoms with van der Waals surface area (Å²) in [5.74, 6) is -2.96. The van der Waals surface area contributed by atoms with Gasteiger partial charge in [0.1, 0.15) is 6.04 Å². The van der Waals surface area contributed by atoms with Gasteiger partial charge in [0.25, 0.3) is 11.8 Å². The number of nitrogens with one attached hydrogen (secondary N) is 2. The van der Waals surface area contributed by atoms with Crippen LogP contribution in [-0.4, -0.2) is 70.1 Å². The zero-order valence-electron chi connectivity index (χ0n) is 20.1. The largest absolute Gasteiger partial charge is 0.480 e. The molecule has 4 atom stereocenters. The lowest BCUT2D eigenvalue weighted by Gasteiger charge is -2.29. The second-order valence-corrected chi connectivity index (χ2v) is 9.45. The van der Waals surface area contributed by atoms with E-state index in [0.29, 0.717) is 11.3 Å². The van der Waals surface area contributed by atoms with Crippen LogP contribution in [0.3, 0.4) is 0 Å². The lowest BCUT2D eigenvalue weighted by atomic mass is 9.97. The van der Waals surface area contributed by atoms with Gasteiger partial charge in [-0.15, -0.1) is 11.6 Å². The first-order valence-corrected chi connectivity index (χ1v) is 11.9. The molecule has 200 valence electrons. The van der Waals surface area contributed by atoms with Crippen LogP contribution in [0.5, 0.6) is 0 Å². The molecule has 0 aromatic heterocycles. The van der Waals surface area contributed by atoms with Crippen LogP contribution in [0.1, 0.15) is 33.5 Å². The first kappa shape index (κ1) is 28.3. The summed E-state index contributed by atoms with van der Waals surface area (Å²) in [6.45, 7) is 1.55. The molecule has 1 saturated heterocycles. The summed E-state index contributed by atoms with van der Waals surface area (Å²) in [4.78, 5) is 38.9. The van der Waals surface area contributed by atoms with Crippen molar-refractivity contribution in [1.82, 2.24) is 10.2 Å². The molecule has 1 aliphatic rings. The molecule has 12 heteroatoms. The summed E-state index contributed by atoms with van der Waals surface area (Å²) in [5, 5.41) is 25.3. The Hall–Kier alpha value is -3.31. The Morgan fingerprint density at radius 3 is 2.49 bits per heavy atom. The van der Waals surface area contributed by atoms with E-state index in [-0.39, 0.29) is 30.5 Å². The monoisotopic (exact) mass is 541 g/mol. The van der Waals surface area contributed by atoms with Crippen LogP contribution in [0.25, 0.3) is 0 Å². The third-order valence-corrected chi connectivity index (χ3v) is 6.64. The van der Waals surface area contributed by atoms with Crippen LogP contribution in [0.2, 0.25) is 0 Å². The Kier molecular flexibility index (Phi) is 8.70. The number of carbonyl (C=O) groups is 3. The third-order valence-electron chi connectivity index (χ3n) is 6.33. The number of aliphatic carboxylic acids is 1. The number of likely N-dealkylation sites (tertiary alicyclic amines) is 1. The topological polar surface area (TPSA) is 119 Å². The molecule has 0 saturated carbocycles. The Bertz CT molecular complexity index is 1180. The summed E-state index contributed by atoms with van der Waals surface area (Å²) in [7, 11) is 1.67. The number of alkyl halides is 4. The molecule has 2 aromatic rings. The summed E-state index contributed by atoms with van der Waals surface area (Å²) in [6.07, 6.45) is -6.93. The SMILES string of the molecule is CNc1cccc(C(=O)N[C@@H](Cc2cccc(C(F)(F)F)c2)[C@H](O)C(=O)N2C[C@@H](Cl)C[C@H]2C(=O)O)c1C. The van der Waals surface area contributed by atoms with E-state index in [2.05, 4.69) is 10.6 Å². The van der Waals surface area contributed by atoms with Gasteiger partial charge in [0.05, 0.1) is 17.0 Å². The van der Waals surface area contributed by atoms with Gasteiger partial charge in [-0.25, -0.2) is 4.79 Å². The predicted octanol–water partition coefficient (Wildman–Crippen LogP) is 3.05. The number of nitrogens with zero attached hydrogens (tertiary/aromatic N) is 1. The average Bonchev–Trinajstić information content (AvgIpc) is 3.24. The molecule has 8 nitrogen and oxygen atoms in total. The highest BCUT2D eigenvalue weighted by Crippen LogP contribution is 2.30. The summed E-state index contributed by atoms with van der Waals surface area (Å²) in [6, 6.07) is 6.57. The summed E-state index contributed by atoms with van der Waals surface area (Å²) in [5.41, 5.74) is 0.652. The van der Waals surface area contributed by atoms with Gasteiger partial charge in [-0.1, -0.05) is 24.3 Å². The molecule has 37 heavy (non-hydrogen) atoms. The van der Waals surface area contributed by atoms with Crippen molar-refractivity contribution in [3.63, 3.8) is 0 Å². The number of hydrogen-bond donors (Lipinski definition) is 4. The fourth-order valence-electron chi connectivity index (χ4n) is 4.37. The van der Waals surface area contributed by atoms with Crippen LogP contribution in [-0.2, 0) is 22.2 Å². The molecular formula is C25H27ClF3N3O5. The van der Waals surface area contributed by atoms with Crippen molar-refractivity contribution >= 4 is 35.1 Å². The fourth-order valence-corrected chi connectivity index (χ4v) is 4.69. The van der Waals surface area contributed by atoms with Crippen LogP contribution >= 0.6 is 11.6 Å². The molecule has 0 aliphatic carbocycles. The highest BCUT2D eigenvalue weighted by Gasteiger charge is 2.43. The highest BCUT2D eigenvalue weighted by molar-refractivity contribution is 6.21. The maximum atomic E-state index is 13.2. The van der Waals surface area contributed by atoms with E-state index in [4.69, 9.17) is 11.6 Å². The number of anilines is 1. The van der Waals surface area contributed by atoms with E-state index >= 15 is 0 Å². The normalized spacial score (nSPS) is 19.3. The molecule has 3 rings (SSSR count). The number of carbonyl (C=O) groups excluding carboxylic acids is 2. The van der Waals surface area contributed by atoms with Gasteiger partial charge in [0.2, 0.25) is 0 Å². The van der Waals surface area contributed by atoms with Gasteiger partial charge in [-0.2, -0.15) is 13.2 Å². The molecule has 0 bridgehead atoms. The van der Waals surface area contributed by atoms with E-state index in [0.717, 1.165) is 17.0 Å². The summed E-state index contributed by atoms with van der Waals surface area (Å²) < 4.78 is 39.7. The number of aliphatic hydroxyl groups excluding tert-OH is 1. The summed E-state index contributed by atoms with van der Waals surface area (Å²) >= 11 is 6.05. The first-order valence-electron chi connectivity index (χ1n) is 11.4. The minimum atomic E-state index is -4.62. The number of hydrogen-bond acceptors (Lipinski definition) is 5. The van der Waals surface area contributed by atoms with E-state index < -0.39 is 53.1 Å². The van der Waals surface area contributed by atoms with Gasteiger partial charge in [-0.3, -0.25) is 9.59 Å². The van der Waals surface area contributed by atoms with E-state index in [1.807, 2.05) is 0 Å². The van der Waals surface area contributed by atoms with Crippen molar-refractivity contribution in [2.75, 3.05) is 18.9 Å². The second-order valence-electron chi connectivity index (χ2n) is 8.83. The minimum Gasteiger partial charge on any atom is -0.480 e. The van der Waals surface area contributed by atoms with Crippen molar-refractivity contribution in [3.8, 4) is 0 Å². The van der Waals surface area contributed by atoms with Gasteiger partial charge < -0.3 is 25.7 Å². The standard InChI is InChI=1S/C25H27ClF3N3O5/c1-13-17(7-4-8-18(13)30-2)22(34)31-19(10-14-5-3-6-15(9-14)25(27,28)29)21(33)23(35)32-12-16(26)11-20(32)24(36)37/h3-9,16,19-21,30,33H,10-12H2,1-2H3,(H,31,34)(H,36,37)/t16-,19-,20-,21-/m0/s1. The van der Waals surface area contributed by atoms with Gasteiger partial charge >= 0.3 is 12.1 Å². The average molecular weight is 542 g/mol. The van der Waals surface area contributed by atoms with Gasteiger partial charge in [-0.05, 0) is 49.1 Å². The molecule has 0 unspecified atom stereocenters. The Labute approximate surface area is 216 Å². The smallest absolute Gasteiger partial charge is 0.416 e. The number of benzene rings is 2. The molecule has 0 spiro atoms. The number of aliphatic hydroxyl groups is 1. The maximum absolute atomic E-state index is 13.2. The lowest BCUT2D eigenvalue weighted by molar-refractivity contribution is -0.152. The van der Waals surface area contributed by atoms with Crippen LogP contribution in [0.4, 0.5) is 18.9 Å². The van der Waals surface area contributed by atoms with Gasteiger partial charge in [0, 0.05) is 24.8 Å². The van der Waals surface area contributed by atoms with Gasteiger partial charge in [0.15, 0.2) is 6.10 Å². The van der Waals surface area contributed by atoms with Crippen molar-refractivity contribution in [2.24, 2.45) is 0 Å². The van der Waals surface area contributed by atoms with Crippen LogP contribution < -0.4 is 10.6 Å². The van der Waals surface area contributed by atoms with Crippen molar-refractivity contribution in [2.45, 2.75) is 49.5 Å². The molecule has 2 aromatic carbocycles. The number of carboxylic acid groups (broad SMARTS) is 1. The van der Waals surface area contributed by atoms with Crippen LogP contribution in [0, 0.1) is 6.92 Å². The third kappa shape index (κ3) is 6.53. The Morgan fingerprint density at radius 1 is 1.19 bits per heavy atom. The molecular weight excluding hydrogens is 515 g/mol. The molecule has 0 radical (unpaired) electrons. The zero-order chi connectivity index (χ0) is 27.5. The zero-order valence-corrected chi connectivity index (χ0v) is 20.8. The maximum Gasteiger partial charge on any atom is 0.416 e. The first-order chi connectivity index (χ1) is 17.3. The molecule has 4 N–H and O–H groups in total. The van der Waals surface area contributed by atoms with Crippen molar-refractivity contribution < 1.29 is 37.8 Å². The molecule has 1 fully saturated rings. The lowest BCUT2D eigenvalue weighted by Crippen LogP contribution is -2.54. The van der Waals surface area contributed by atoms with Crippen LogP contribution in [0.15, 0.2) is 42.5 Å². The van der Waals surface area contributed by atoms with Crippen molar-refractivity contribution in [1.29, 1.82) is 0 Å². The van der Waals surface area contributed by atoms with E-state index in [9.17, 15) is 37.8 Å². The second kappa shape index (κ2) is 11.4. The number of amides is 2. The van der Waals surface area contributed by atoms with E-state index in [1.54, 1.807) is 26.1 Å². The number of carboxylic acids is 1. The van der Waals surface area contributed by atoms with Crippen molar-refractivity contribution in [3.05, 3.63) is 64.7 Å². The molecule has 1 heterocycles. The highest BCUT2D eigenvalue weighted by atomic mass is 35.5. The quantitative estimate of drug-likeness (QED) is 0.382. The molecule has 2 amide bonds. The molecule has 1 aliphatic heterocycles. The fraction of sp³-hybridized carbons (Fsp3) is 0.400. The minimum absolute atomic E-state index is 0.0317. The number of halogens is 4.